The van der Waals surface area contributed by atoms with Gasteiger partial charge in [-0.05, 0) is 25.3 Å². The summed E-state index contributed by atoms with van der Waals surface area (Å²) in [5, 5.41) is 5.13. The first-order valence-corrected chi connectivity index (χ1v) is 11.1. The van der Waals surface area contributed by atoms with Crippen molar-refractivity contribution in [3.05, 3.63) is 38.0 Å². The fourth-order valence-electron chi connectivity index (χ4n) is 3.77. The molecule has 3 heterocycles. The van der Waals surface area contributed by atoms with Gasteiger partial charge in [0.2, 0.25) is 5.91 Å². The van der Waals surface area contributed by atoms with Gasteiger partial charge in [0.1, 0.15) is 11.4 Å². The maximum absolute atomic E-state index is 13.0. The van der Waals surface area contributed by atoms with Gasteiger partial charge in [0.15, 0.2) is 10.9 Å². The highest BCUT2D eigenvalue weighted by Crippen LogP contribution is 2.20. The molecule has 1 amide bonds. The molecule has 1 saturated heterocycles. The summed E-state index contributed by atoms with van der Waals surface area (Å²) in [6.45, 7) is 5.14. The smallest absolute Gasteiger partial charge is 0.332 e. The van der Waals surface area contributed by atoms with Crippen molar-refractivity contribution in [2.75, 3.05) is 30.7 Å². The highest BCUT2D eigenvalue weighted by molar-refractivity contribution is 7.13. The van der Waals surface area contributed by atoms with Gasteiger partial charge in [0.25, 0.3) is 5.56 Å². The van der Waals surface area contributed by atoms with Crippen LogP contribution in [0.4, 0.5) is 10.9 Å². The van der Waals surface area contributed by atoms with Crippen LogP contribution in [0.15, 0.2) is 21.2 Å². The number of nitrogens with zero attached hydrogens (tertiary/aromatic N) is 4. The number of nitrogen functional groups attached to an aromatic ring is 1. The zero-order valence-corrected chi connectivity index (χ0v) is 18.8. The van der Waals surface area contributed by atoms with E-state index in [4.69, 9.17) is 5.73 Å². The van der Waals surface area contributed by atoms with Crippen LogP contribution in [0.3, 0.4) is 0 Å². The Kier molecular flexibility index (Phi) is 7.06. The van der Waals surface area contributed by atoms with Crippen LogP contribution in [0, 0.1) is 11.8 Å². The lowest BCUT2D eigenvalue weighted by Gasteiger charge is -2.31. The number of likely N-dealkylation sites (tertiary alicyclic amines) is 1. The number of hydrogen-bond donors (Lipinski definition) is 2. The number of carbonyl (C=O) groups excluding carboxylic acids is 2. The summed E-state index contributed by atoms with van der Waals surface area (Å²) in [5.74, 6) is -0.841. The molecule has 0 saturated carbocycles. The van der Waals surface area contributed by atoms with Gasteiger partial charge in [-0.1, -0.05) is 13.8 Å². The van der Waals surface area contributed by atoms with Crippen molar-refractivity contribution >= 4 is 34.0 Å². The number of aromatic nitrogens is 3. The van der Waals surface area contributed by atoms with Crippen molar-refractivity contribution in [2.24, 2.45) is 18.9 Å². The first-order chi connectivity index (χ1) is 14.7. The normalized spacial score (nSPS) is 17.1. The number of amides is 1. The lowest BCUT2D eigenvalue weighted by molar-refractivity contribution is -0.121. The Morgan fingerprint density at radius 3 is 2.74 bits per heavy atom. The molecule has 1 aliphatic heterocycles. The van der Waals surface area contributed by atoms with E-state index in [0.717, 1.165) is 11.0 Å². The molecular weight excluding hydrogens is 420 g/mol. The van der Waals surface area contributed by atoms with Gasteiger partial charge < -0.3 is 11.1 Å². The molecule has 0 spiro atoms. The summed E-state index contributed by atoms with van der Waals surface area (Å²) in [7, 11) is 1.34. The Balaban J connectivity index is 1.76. The molecular formula is C20H28N6O4S. The van der Waals surface area contributed by atoms with E-state index in [0.29, 0.717) is 31.2 Å². The van der Waals surface area contributed by atoms with Gasteiger partial charge in [-0.3, -0.25) is 28.4 Å². The van der Waals surface area contributed by atoms with E-state index < -0.39 is 17.0 Å². The number of hydrogen-bond acceptors (Lipinski definition) is 8. The molecule has 0 aromatic carbocycles. The molecule has 10 nitrogen and oxygen atoms in total. The van der Waals surface area contributed by atoms with Crippen molar-refractivity contribution in [3.63, 3.8) is 0 Å². The molecule has 1 unspecified atom stereocenters. The molecule has 11 heteroatoms. The second kappa shape index (κ2) is 9.56. The molecule has 3 N–H and O–H groups in total. The summed E-state index contributed by atoms with van der Waals surface area (Å²) in [4.78, 5) is 56.6. The third-order valence-electron chi connectivity index (χ3n) is 5.32. The topological polar surface area (TPSA) is 132 Å². The molecule has 1 aliphatic rings. The third-order valence-corrected chi connectivity index (χ3v) is 6.00. The molecule has 3 rings (SSSR count). The highest BCUT2D eigenvalue weighted by atomic mass is 32.1. The number of thiazole rings is 1. The quantitative estimate of drug-likeness (QED) is 0.598. The molecule has 2 aromatic rings. The van der Waals surface area contributed by atoms with Crippen molar-refractivity contribution in [2.45, 2.75) is 33.2 Å². The van der Waals surface area contributed by atoms with Crippen molar-refractivity contribution in [3.8, 4) is 0 Å². The second-order valence-electron chi connectivity index (χ2n) is 8.24. The summed E-state index contributed by atoms with van der Waals surface area (Å²) < 4.78 is 2.20. The Bertz CT molecular complexity index is 1070. The van der Waals surface area contributed by atoms with E-state index in [1.165, 1.54) is 23.0 Å². The molecule has 168 valence electrons. The van der Waals surface area contributed by atoms with Gasteiger partial charge in [0.05, 0.1) is 12.5 Å². The second-order valence-corrected chi connectivity index (χ2v) is 9.13. The van der Waals surface area contributed by atoms with Crippen LogP contribution in [0.25, 0.3) is 0 Å². The summed E-state index contributed by atoms with van der Waals surface area (Å²) in [6.07, 6.45) is 3.09. The Labute approximate surface area is 183 Å². The molecule has 0 bridgehead atoms. The van der Waals surface area contributed by atoms with Crippen LogP contribution < -0.4 is 22.3 Å². The van der Waals surface area contributed by atoms with Gasteiger partial charge >= 0.3 is 5.69 Å². The number of nitrogens with two attached hydrogens (primary N) is 1. The lowest BCUT2D eigenvalue weighted by atomic mass is 9.96. The zero-order chi connectivity index (χ0) is 22.7. The molecule has 31 heavy (non-hydrogen) atoms. The predicted octanol–water partition coefficient (Wildman–Crippen LogP) is 0.775. The van der Waals surface area contributed by atoms with Gasteiger partial charge in [-0.15, -0.1) is 11.3 Å². The average Bonchev–Trinajstić information content (AvgIpc) is 3.23. The van der Waals surface area contributed by atoms with Crippen LogP contribution in [0.2, 0.25) is 0 Å². The van der Waals surface area contributed by atoms with Crippen LogP contribution >= 0.6 is 11.3 Å². The van der Waals surface area contributed by atoms with Gasteiger partial charge in [-0.25, -0.2) is 9.78 Å². The fraction of sp³-hybridized carbons (Fsp3) is 0.550. The van der Waals surface area contributed by atoms with Crippen molar-refractivity contribution in [1.82, 2.24) is 19.0 Å². The number of anilines is 2. The van der Waals surface area contributed by atoms with Gasteiger partial charge in [0, 0.05) is 31.7 Å². The van der Waals surface area contributed by atoms with E-state index in [1.54, 1.807) is 11.6 Å². The summed E-state index contributed by atoms with van der Waals surface area (Å²) in [6, 6.07) is 0. The monoisotopic (exact) mass is 448 g/mol. The first kappa shape index (κ1) is 22.9. The number of piperidine rings is 1. The van der Waals surface area contributed by atoms with Crippen LogP contribution in [-0.4, -0.2) is 50.3 Å². The molecule has 0 aliphatic carbocycles. The maximum atomic E-state index is 13.0. The van der Waals surface area contributed by atoms with Crippen LogP contribution in [0.5, 0.6) is 0 Å². The average molecular weight is 449 g/mol. The summed E-state index contributed by atoms with van der Waals surface area (Å²) in [5.41, 5.74) is 4.70. The fourth-order valence-corrected chi connectivity index (χ4v) is 4.31. The van der Waals surface area contributed by atoms with E-state index in [-0.39, 0.29) is 35.7 Å². The highest BCUT2D eigenvalue weighted by Gasteiger charge is 2.29. The van der Waals surface area contributed by atoms with E-state index in [9.17, 15) is 19.2 Å². The summed E-state index contributed by atoms with van der Waals surface area (Å²) >= 11 is 1.35. The maximum Gasteiger partial charge on any atom is 0.332 e. The number of carbonyl (C=O) groups is 2. The standard InChI is InChI=1S/C20H28N6O4S/c1-12(2)9-26-16(21)15(18(29)24(3)20(26)30)14(27)11-25-7-4-5-13(10-25)17(28)23-19-22-6-8-31-19/h6,8,12-13H,4-5,7,9-11,21H2,1-3H3,(H,22,23,28). The van der Waals surface area contributed by atoms with E-state index in [1.807, 2.05) is 18.7 Å². The Hall–Kier alpha value is -2.79. The van der Waals surface area contributed by atoms with E-state index >= 15 is 0 Å². The minimum Gasteiger partial charge on any atom is -0.384 e. The van der Waals surface area contributed by atoms with Crippen molar-refractivity contribution < 1.29 is 9.59 Å². The lowest BCUT2D eigenvalue weighted by Crippen LogP contribution is -2.46. The minimum absolute atomic E-state index is 0.0413. The predicted molar refractivity (Wildman–Crippen MR) is 119 cm³/mol. The Morgan fingerprint density at radius 2 is 2.10 bits per heavy atom. The van der Waals surface area contributed by atoms with Crippen LogP contribution in [0.1, 0.15) is 37.0 Å². The Morgan fingerprint density at radius 1 is 1.35 bits per heavy atom. The number of Topliss-reactive ketones (excluding diaryl/α,β-unsaturated/α-hetero) is 1. The minimum atomic E-state index is -0.692. The van der Waals surface area contributed by atoms with E-state index in [2.05, 4.69) is 10.3 Å². The van der Waals surface area contributed by atoms with Gasteiger partial charge in [-0.2, -0.15) is 0 Å². The van der Waals surface area contributed by atoms with Crippen molar-refractivity contribution in [1.29, 1.82) is 0 Å². The molecule has 1 atom stereocenters. The number of rotatable bonds is 7. The SMILES string of the molecule is CC(C)Cn1c(N)c(C(=O)CN2CCCC(C(=O)Nc3nccs3)C2)c(=O)n(C)c1=O. The largest absolute Gasteiger partial charge is 0.384 e. The first-order valence-electron chi connectivity index (χ1n) is 10.2. The number of nitrogens with one attached hydrogen (secondary N) is 1. The number of ketones is 1. The molecule has 2 aromatic heterocycles. The molecule has 1 fully saturated rings. The molecule has 0 radical (unpaired) electrons. The zero-order valence-electron chi connectivity index (χ0n) is 18.0. The van der Waals surface area contributed by atoms with Crippen LogP contribution in [-0.2, 0) is 18.4 Å². The third kappa shape index (κ3) is 5.10.